The van der Waals surface area contributed by atoms with E-state index in [2.05, 4.69) is 15.1 Å². The number of nitrogens with zero attached hydrogens (tertiary/aromatic N) is 4. The van der Waals surface area contributed by atoms with E-state index in [9.17, 15) is 0 Å². The van der Waals surface area contributed by atoms with Gasteiger partial charge in [0.05, 0.1) is 22.8 Å². The minimum atomic E-state index is 0.381. The van der Waals surface area contributed by atoms with E-state index in [-0.39, 0.29) is 0 Å². The minimum absolute atomic E-state index is 0.381. The van der Waals surface area contributed by atoms with Crippen LogP contribution in [0, 0.1) is 0 Å². The summed E-state index contributed by atoms with van der Waals surface area (Å²) in [5.74, 6) is 0.381. The van der Waals surface area contributed by atoms with Crippen molar-refractivity contribution in [3.05, 3.63) is 48.7 Å². The Morgan fingerprint density at radius 3 is 2.88 bits per heavy atom. The van der Waals surface area contributed by atoms with Crippen LogP contribution in [0.1, 0.15) is 5.69 Å². The lowest BCUT2D eigenvalue weighted by atomic mass is 10.1. The molecule has 3 aromatic rings. The van der Waals surface area contributed by atoms with Crippen LogP contribution in [0.3, 0.4) is 0 Å². The molecule has 3 rings (SSSR count). The zero-order valence-corrected chi connectivity index (χ0v) is 9.67. The van der Waals surface area contributed by atoms with Crippen LogP contribution < -0.4 is 0 Å². The molecular weight excluding hydrogens is 236 g/mol. The molecule has 0 amide bonds. The van der Waals surface area contributed by atoms with Crippen LogP contribution in [0.4, 0.5) is 0 Å². The largest absolute Gasteiger partial charge is 0.251 e. The number of hydrogen-bond donors (Lipinski definition) is 0. The molecule has 0 aliphatic carbocycles. The second-order valence-corrected chi connectivity index (χ2v) is 3.89. The molecule has 4 nitrogen and oxygen atoms in total. The van der Waals surface area contributed by atoms with Crippen molar-refractivity contribution in [2.75, 3.05) is 0 Å². The van der Waals surface area contributed by atoms with E-state index in [1.54, 1.807) is 11.0 Å². The van der Waals surface area contributed by atoms with Gasteiger partial charge in [0.1, 0.15) is 12.7 Å². The molecule has 0 atom stereocenters. The lowest BCUT2D eigenvalue weighted by molar-refractivity contribution is 0.882. The number of rotatable bonds is 2. The summed E-state index contributed by atoms with van der Waals surface area (Å²) < 4.78 is 1.72. The first-order valence-corrected chi connectivity index (χ1v) is 5.71. The van der Waals surface area contributed by atoms with Gasteiger partial charge in [-0.1, -0.05) is 18.2 Å². The normalized spacial score (nSPS) is 10.9. The van der Waals surface area contributed by atoms with Crippen molar-refractivity contribution in [2.45, 2.75) is 5.88 Å². The lowest BCUT2D eigenvalue weighted by Gasteiger charge is -2.07. The minimum Gasteiger partial charge on any atom is -0.251 e. The molecule has 0 aliphatic heterocycles. The Hall–Kier alpha value is -1.94. The summed E-state index contributed by atoms with van der Waals surface area (Å²) in [6.45, 7) is 0. The fourth-order valence-corrected chi connectivity index (χ4v) is 1.94. The number of aromatic nitrogens is 4. The zero-order valence-electron chi connectivity index (χ0n) is 8.92. The van der Waals surface area contributed by atoms with Gasteiger partial charge in [-0.15, -0.1) is 11.6 Å². The number of pyridine rings is 1. The summed E-state index contributed by atoms with van der Waals surface area (Å²) in [7, 11) is 0. The van der Waals surface area contributed by atoms with Crippen LogP contribution in [0.15, 0.2) is 43.0 Å². The van der Waals surface area contributed by atoms with E-state index in [0.29, 0.717) is 5.88 Å². The monoisotopic (exact) mass is 244 g/mol. The Labute approximate surface area is 103 Å². The van der Waals surface area contributed by atoms with Crippen LogP contribution in [0.5, 0.6) is 0 Å². The second-order valence-electron chi connectivity index (χ2n) is 3.62. The first-order chi connectivity index (χ1) is 8.38. The van der Waals surface area contributed by atoms with Gasteiger partial charge in [0.15, 0.2) is 0 Å². The second kappa shape index (κ2) is 4.14. The van der Waals surface area contributed by atoms with Gasteiger partial charge in [0.25, 0.3) is 0 Å². The summed E-state index contributed by atoms with van der Waals surface area (Å²) in [6.07, 6.45) is 3.18. The molecule has 0 saturated carbocycles. The average molecular weight is 245 g/mol. The summed E-state index contributed by atoms with van der Waals surface area (Å²) >= 11 is 5.85. The smallest absolute Gasteiger partial charge is 0.138 e. The highest BCUT2D eigenvalue weighted by Crippen LogP contribution is 2.21. The van der Waals surface area contributed by atoms with Crippen LogP contribution in [0.2, 0.25) is 0 Å². The van der Waals surface area contributed by atoms with Crippen molar-refractivity contribution >= 4 is 22.5 Å². The molecule has 0 unspecified atom stereocenters. The van der Waals surface area contributed by atoms with Crippen molar-refractivity contribution in [2.24, 2.45) is 0 Å². The highest BCUT2D eigenvalue weighted by molar-refractivity contribution is 6.17. The number of halogens is 1. The molecule has 0 spiro atoms. The molecular formula is C12H9ClN4. The van der Waals surface area contributed by atoms with E-state index >= 15 is 0 Å². The molecule has 0 radical (unpaired) electrons. The molecule has 5 heteroatoms. The zero-order chi connectivity index (χ0) is 11.7. The van der Waals surface area contributed by atoms with E-state index in [0.717, 1.165) is 22.3 Å². The predicted octanol–water partition coefficient (Wildman–Crippen LogP) is 2.55. The molecule has 2 heterocycles. The number of hydrogen-bond acceptors (Lipinski definition) is 3. The molecule has 0 N–H and O–H groups in total. The fourth-order valence-electron chi connectivity index (χ4n) is 1.80. The first kappa shape index (κ1) is 10.2. The number of alkyl halides is 1. The summed E-state index contributed by atoms with van der Waals surface area (Å²) in [6, 6.07) is 9.84. The van der Waals surface area contributed by atoms with Gasteiger partial charge < -0.3 is 0 Å². The van der Waals surface area contributed by atoms with Gasteiger partial charge >= 0.3 is 0 Å². The third kappa shape index (κ3) is 1.76. The maximum Gasteiger partial charge on any atom is 0.138 e. The third-order valence-electron chi connectivity index (χ3n) is 2.55. The lowest BCUT2D eigenvalue weighted by Crippen LogP contribution is -1.99. The SMILES string of the molecule is ClCc1cc(-n2cncn2)c2ccccc2n1. The van der Waals surface area contributed by atoms with E-state index in [1.807, 2.05) is 30.3 Å². The summed E-state index contributed by atoms with van der Waals surface area (Å²) in [5.41, 5.74) is 2.69. The molecule has 0 bridgehead atoms. The number of fused-ring (bicyclic) bond motifs is 1. The fraction of sp³-hybridized carbons (Fsp3) is 0.0833. The topological polar surface area (TPSA) is 43.6 Å². The van der Waals surface area contributed by atoms with Crippen molar-refractivity contribution in [3.8, 4) is 5.69 Å². The van der Waals surface area contributed by atoms with Gasteiger partial charge in [-0.2, -0.15) is 5.10 Å². The molecule has 84 valence electrons. The summed E-state index contributed by atoms with van der Waals surface area (Å²) in [5, 5.41) is 5.18. The van der Waals surface area contributed by atoms with Crippen molar-refractivity contribution in [1.29, 1.82) is 0 Å². The Kier molecular flexibility index (Phi) is 2.49. The van der Waals surface area contributed by atoms with Gasteiger partial charge in [-0.3, -0.25) is 4.98 Å². The van der Waals surface area contributed by atoms with Crippen LogP contribution in [-0.2, 0) is 5.88 Å². The number of para-hydroxylation sites is 1. The van der Waals surface area contributed by atoms with Crippen LogP contribution >= 0.6 is 11.6 Å². The first-order valence-electron chi connectivity index (χ1n) is 5.18. The van der Waals surface area contributed by atoms with E-state index in [1.165, 1.54) is 6.33 Å². The molecule has 1 aromatic carbocycles. The van der Waals surface area contributed by atoms with Crippen LogP contribution in [0.25, 0.3) is 16.6 Å². The van der Waals surface area contributed by atoms with Crippen molar-refractivity contribution < 1.29 is 0 Å². The van der Waals surface area contributed by atoms with Gasteiger partial charge in [-0.25, -0.2) is 9.67 Å². The Morgan fingerprint density at radius 1 is 1.24 bits per heavy atom. The average Bonchev–Trinajstić information content (AvgIpc) is 2.91. The quantitative estimate of drug-likeness (QED) is 0.651. The molecule has 2 aromatic heterocycles. The maximum absolute atomic E-state index is 5.85. The van der Waals surface area contributed by atoms with E-state index in [4.69, 9.17) is 11.6 Å². The summed E-state index contributed by atoms with van der Waals surface area (Å²) in [4.78, 5) is 8.43. The highest BCUT2D eigenvalue weighted by atomic mass is 35.5. The maximum atomic E-state index is 5.85. The Morgan fingerprint density at radius 2 is 2.12 bits per heavy atom. The third-order valence-corrected chi connectivity index (χ3v) is 2.82. The number of benzene rings is 1. The molecule has 0 fully saturated rings. The Balaban J connectivity index is 2.35. The van der Waals surface area contributed by atoms with Gasteiger partial charge in [-0.05, 0) is 12.1 Å². The molecule has 17 heavy (non-hydrogen) atoms. The molecule has 0 aliphatic rings. The van der Waals surface area contributed by atoms with E-state index < -0.39 is 0 Å². The standard InChI is InChI=1S/C12H9ClN4/c13-6-9-5-12(17-8-14-7-15-17)10-3-1-2-4-11(10)16-9/h1-5,7-8H,6H2. The van der Waals surface area contributed by atoms with Crippen molar-refractivity contribution in [3.63, 3.8) is 0 Å². The Bertz CT molecular complexity index is 649. The molecule has 0 saturated heterocycles. The highest BCUT2D eigenvalue weighted by Gasteiger charge is 2.07. The van der Waals surface area contributed by atoms with Crippen molar-refractivity contribution in [1.82, 2.24) is 19.7 Å². The van der Waals surface area contributed by atoms with Gasteiger partial charge in [0.2, 0.25) is 0 Å². The predicted molar refractivity (Wildman–Crippen MR) is 66.2 cm³/mol. The van der Waals surface area contributed by atoms with Crippen LogP contribution in [-0.4, -0.2) is 19.7 Å². The van der Waals surface area contributed by atoms with Gasteiger partial charge in [0, 0.05) is 5.39 Å².